The predicted molar refractivity (Wildman–Crippen MR) is 110 cm³/mol. The van der Waals surface area contributed by atoms with Gasteiger partial charge in [0.2, 0.25) is 0 Å². The normalized spacial score (nSPS) is 14.1. The lowest BCUT2D eigenvalue weighted by Gasteiger charge is -2.21. The zero-order chi connectivity index (χ0) is 19.0. The first-order chi connectivity index (χ1) is 13.1. The van der Waals surface area contributed by atoms with Gasteiger partial charge in [-0.2, -0.15) is 0 Å². The molecule has 1 aliphatic carbocycles. The highest BCUT2D eigenvalue weighted by Gasteiger charge is 2.35. The molecule has 0 spiro atoms. The van der Waals surface area contributed by atoms with E-state index in [1.165, 1.54) is 18.7 Å². The number of allylic oxidation sites excluding steroid dienone is 1. The number of carbonyl (C=O) groups excluding carboxylic acids is 1. The average molecular weight is 374 g/mol. The van der Waals surface area contributed by atoms with Crippen molar-refractivity contribution < 1.29 is 13.9 Å². The topological polar surface area (TPSA) is 43.4 Å². The van der Waals surface area contributed by atoms with Crippen LogP contribution in [0.2, 0.25) is 0 Å². The summed E-state index contributed by atoms with van der Waals surface area (Å²) in [6.07, 6.45) is 1.94. The molecule has 4 rings (SSSR count). The van der Waals surface area contributed by atoms with E-state index in [0.717, 1.165) is 16.7 Å². The Labute approximate surface area is 158 Å². The second-order valence-corrected chi connectivity index (χ2v) is 8.89. The van der Waals surface area contributed by atoms with Crippen LogP contribution < -0.4 is 10.6 Å². The Bertz CT molecular complexity index is 1110. The minimum atomic E-state index is -3.45. The Morgan fingerprint density at radius 2 is 1.63 bits per heavy atom. The van der Waals surface area contributed by atoms with Crippen LogP contribution in [0.1, 0.15) is 21.5 Å². The summed E-state index contributed by atoms with van der Waals surface area (Å²) in [5, 5.41) is 1.07. The van der Waals surface area contributed by atoms with Crippen LogP contribution in [0, 0.1) is 0 Å². The van der Waals surface area contributed by atoms with Crippen LogP contribution >= 0.6 is 7.37 Å². The Balaban J connectivity index is 1.95. The lowest BCUT2D eigenvalue weighted by atomic mass is 10.1. The van der Waals surface area contributed by atoms with E-state index in [-0.39, 0.29) is 5.78 Å². The molecule has 0 radical (unpaired) electrons. The second kappa shape index (κ2) is 6.77. The van der Waals surface area contributed by atoms with Gasteiger partial charge in [0.05, 0.1) is 5.30 Å². The maximum Gasteiger partial charge on any atom is 0.262 e. The van der Waals surface area contributed by atoms with E-state index < -0.39 is 7.37 Å². The summed E-state index contributed by atoms with van der Waals surface area (Å²) in [7, 11) is -2.01. The van der Waals surface area contributed by atoms with Crippen LogP contribution in [-0.4, -0.2) is 12.9 Å². The summed E-state index contributed by atoms with van der Waals surface area (Å²) >= 11 is 0. The molecule has 1 aliphatic rings. The van der Waals surface area contributed by atoms with Gasteiger partial charge in [-0.15, -0.1) is 0 Å². The molecule has 1 atom stereocenters. The molecule has 0 saturated carbocycles. The molecule has 3 aromatic rings. The molecule has 4 heteroatoms. The van der Waals surface area contributed by atoms with Gasteiger partial charge in [-0.3, -0.25) is 9.36 Å². The van der Waals surface area contributed by atoms with Crippen molar-refractivity contribution in [1.29, 1.82) is 0 Å². The molecule has 3 nitrogen and oxygen atoms in total. The fraction of sp³-hybridized carbons (Fsp3) is 0.0870. The highest BCUT2D eigenvalue weighted by Crippen LogP contribution is 2.49. The number of ketones is 1. The first kappa shape index (κ1) is 17.7. The van der Waals surface area contributed by atoms with Crippen LogP contribution in [0.4, 0.5) is 0 Å². The number of hydrogen-bond donors (Lipinski definition) is 0. The van der Waals surface area contributed by atoms with Gasteiger partial charge in [-0.1, -0.05) is 61.2 Å². The lowest BCUT2D eigenvalue weighted by Crippen LogP contribution is -2.24. The van der Waals surface area contributed by atoms with E-state index in [0.29, 0.717) is 22.6 Å². The molecule has 1 unspecified atom stereocenters. The third-order valence-electron chi connectivity index (χ3n) is 5.07. The molecule has 0 saturated heterocycles. The molecule has 0 bridgehead atoms. The molecule has 0 aromatic heterocycles. The number of hydrogen-bond acceptors (Lipinski definition) is 3. The van der Waals surface area contributed by atoms with Gasteiger partial charge in [0.1, 0.15) is 0 Å². The van der Waals surface area contributed by atoms with Crippen molar-refractivity contribution in [2.24, 2.45) is 0 Å². The molecule has 134 valence electrons. The molecule has 0 fully saturated rings. The lowest BCUT2D eigenvalue weighted by molar-refractivity contribution is 0.104. The Morgan fingerprint density at radius 3 is 2.41 bits per heavy atom. The summed E-state index contributed by atoms with van der Waals surface area (Å²) in [5.74, 6) is -0.265. The third kappa shape index (κ3) is 2.71. The molecule has 0 aliphatic heterocycles. The smallest absolute Gasteiger partial charge is 0.262 e. The molecular weight excluding hydrogens is 355 g/mol. The van der Waals surface area contributed by atoms with Gasteiger partial charge >= 0.3 is 0 Å². The Hall–Kier alpha value is -2.74. The monoisotopic (exact) mass is 374 g/mol. The van der Waals surface area contributed by atoms with E-state index in [4.69, 9.17) is 4.52 Å². The first-order valence-electron chi connectivity index (χ1n) is 8.73. The molecule has 27 heavy (non-hydrogen) atoms. The van der Waals surface area contributed by atoms with Crippen LogP contribution in [0.25, 0.3) is 11.1 Å². The number of rotatable bonds is 5. The first-order valence-corrected chi connectivity index (χ1v) is 10.4. The van der Waals surface area contributed by atoms with Gasteiger partial charge < -0.3 is 4.52 Å². The van der Waals surface area contributed by atoms with Gasteiger partial charge in [-0.05, 0) is 46.9 Å². The molecule has 0 amide bonds. The number of benzene rings is 3. The maximum atomic E-state index is 14.1. The van der Waals surface area contributed by atoms with E-state index >= 15 is 0 Å². The summed E-state index contributed by atoms with van der Waals surface area (Å²) in [6.45, 7) is 3.56. The summed E-state index contributed by atoms with van der Waals surface area (Å²) in [4.78, 5) is 12.3. The van der Waals surface area contributed by atoms with Crippen molar-refractivity contribution >= 4 is 23.8 Å². The predicted octanol–water partition coefficient (Wildman–Crippen LogP) is 4.50. The largest absolute Gasteiger partial charge is 0.325 e. The summed E-state index contributed by atoms with van der Waals surface area (Å²) in [5.41, 5.74) is 4.81. The van der Waals surface area contributed by atoms with E-state index in [2.05, 4.69) is 18.7 Å². The van der Waals surface area contributed by atoms with Gasteiger partial charge in [-0.25, -0.2) is 0 Å². The van der Waals surface area contributed by atoms with Crippen LogP contribution in [0.15, 0.2) is 79.4 Å². The van der Waals surface area contributed by atoms with Crippen molar-refractivity contribution in [1.82, 2.24) is 0 Å². The Kier molecular flexibility index (Phi) is 4.43. The van der Waals surface area contributed by atoms with Gasteiger partial charge in [0, 0.05) is 18.0 Å². The summed E-state index contributed by atoms with van der Waals surface area (Å²) < 4.78 is 19.8. The molecule has 0 N–H and O–H groups in total. The summed E-state index contributed by atoms with van der Waals surface area (Å²) in [6, 6.07) is 20.9. The third-order valence-corrected chi connectivity index (χ3v) is 7.66. The van der Waals surface area contributed by atoms with Crippen molar-refractivity contribution in [3.8, 4) is 11.1 Å². The SMILES string of the molecule is C=CC(=O)c1ccccc1P(=O)(OC)c1cccc2c1Cc1ccccc1-2. The zero-order valence-corrected chi connectivity index (χ0v) is 15.9. The highest BCUT2D eigenvalue weighted by atomic mass is 31.2. The molecule has 0 heterocycles. The quantitative estimate of drug-likeness (QED) is 0.293. The van der Waals surface area contributed by atoms with Gasteiger partial charge in [0.25, 0.3) is 7.37 Å². The van der Waals surface area contributed by atoms with Crippen molar-refractivity contribution in [3.05, 3.63) is 96.1 Å². The second-order valence-electron chi connectivity index (χ2n) is 6.46. The van der Waals surface area contributed by atoms with Crippen molar-refractivity contribution in [2.45, 2.75) is 6.42 Å². The maximum absolute atomic E-state index is 14.1. The molecular formula is C23H19O3P. The van der Waals surface area contributed by atoms with Crippen LogP contribution in [0.3, 0.4) is 0 Å². The van der Waals surface area contributed by atoms with Crippen LogP contribution in [0.5, 0.6) is 0 Å². The van der Waals surface area contributed by atoms with Crippen molar-refractivity contribution in [2.75, 3.05) is 7.11 Å². The fourth-order valence-corrected chi connectivity index (χ4v) is 6.07. The van der Waals surface area contributed by atoms with Gasteiger partial charge in [0.15, 0.2) is 5.78 Å². The fourth-order valence-electron chi connectivity index (χ4n) is 3.79. The average Bonchev–Trinajstić information content (AvgIpc) is 3.11. The standard InChI is InChI=1S/C23H19O3P/c1-3-21(24)19-11-6-7-13-22(19)27(25,26-2)23-14-8-12-18-17-10-5-4-9-16(17)15-20(18)23/h3-14H,1,15H2,2H3. The van der Waals surface area contributed by atoms with Crippen molar-refractivity contribution in [3.63, 3.8) is 0 Å². The van der Waals surface area contributed by atoms with E-state index in [1.807, 2.05) is 30.3 Å². The minimum absolute atomic E-state index is 0.265. The zero-order valence-electron chi connectivity index (χ0n) is 15.0. The molecule has 3 aromatic carbocycles. The van der Waals surface area contributed by atoms with Crippen LogP contribution in [-0.2, 0) is 15.5 Å². The minimum Gasteiger partial charge on any atom is -0.325 e. The Morgan fingerprint density at radius 1 is 0.963 bits per heavy atom. The van der Waals surface area contributed by atoms with E-state index in [9.17, 15) is 9.36 Å². The van der Waals surface area contributed by atoms with E-state index in [1.54, 1.807) is 24.3 Å². The number of carbonyl (C=O) groups is 1. The number of fused-ring (bicyclic) bond motifs is 3. The highest BCUT2D eigenvalue weighted by molar-refractivity contribution is 7.74.